The van der Waals surface area contributed by atoms with Gasteiger partial charge in [-0.1, -0.05) is 0 Å². The van der Waals surface area contributed by atoms with Crippen molar-refractivity contribution in [2.75, 3.05) is 7.05 Å². The zero-order valence-electron chi connectivity index (χ0n) is 5.09. The standard InChI is InChI=1S/C4H11N3O/c1-3(5)4(8)7(2)6/h3H,5-6H2,1-2H3/t3-/m0/s1. The summed E-state index contributed by atoms with van der Waals surface area (Å²) < 4.78 is 0. The molecule has 0 rings (SSSR count). The van der Waals surface area contributed by atoms with Gasteiger partial charge in [-0.15, -0.1) is 0 Å². The normalized spacial score (nSPS) is 13.0. The minimum atomic E-state index is -0.495. The van der Waals surface area contributed by atoms with Gasteiger partial charge in [0.25, 0.3) is 5.91 Å². The Hall–Kier alpha value is -0.610. The third kappa shape index (κ3) is 1.90. The number of likely N-dealkylation sites (N-methyl/N-ethyl adjacent to an activating group) is 1. The lowest BCUT2D eigenvalue weighted by Gasteiger charge is -2.11. The highest BCUT2D eigenvalue weighted by molar-refractivity contribution is 5.80. The maximum atomic E-state index is 10.5. The molecule has 0 saturated carbocycles. The van der Waals surface area contributed by atoms with Gasteiger partial charge in [0.05, 0.1) is 6.04 Å². The van der Waals surface area contributed by atoms with Crippen LogP contribution >= 0.6 is 0 Å². The molecule has 0 aromatic rings. The van der Waals surface area contributed by atoms with E-state index in [1.807, 2.05) is 0 Å². The highest BCUT2D eigenvalue weighted by Crippen LogP contribution is 1.78. The number of carbonyl (C=O) groups excluding carboxylic acids is 1. The summed E-state index contributed by atoms with van der Waals surface area (Å²) in [6, 6.07) is -0.495. The van der Waals surface area contributed by atoms with Crippen molar-refractivity contribution in [2.24, 2.45) is 11.6 Å². The Morgan fingerprint density at radius 2 is 2.12 bits per heavy atom. The van der Waals surface area contributed by atoms with Crippen LogP contribution in [-0.2, 0) is 4.79 Å². The van der Waals surface area contributed by atoms with Crippen molar-refractivity contribution >= 4 is 5.91 Å². The zero-order valence-corrected chi connectivity index (χ0v) is 5.09. The van der Waals surface area contributed by atoms with Crippen molar-refractivity contribution in [3.63, 3.8) is 0 Å². The summed E-state index contributed by atoms with van der Waals surface area (Å²) in [5.74, 6) is 4.78. The molecular formula is C4H11N3O. The second-order valence-electron chi connectivity index (χ2n) is 1.74. The number of rotatable bonds is 1. The molecule has 48 valence electrons. The van der Waals surface area contributed by atoms with E-state index in [9.17, 15) is 4.79 Å². The molecule has 1 amide bonds. The molecule has 0 bridgehead atoms. The first-order valence-corrected chi connectivity index (χ1v) is 2.33. The van der Waals surface area contributed by atoms with Gasteiger partial charge in [0.15, 0.2) is 0 Å². The van der Waals surface area contributed by atoms with E-state index in [-0.39, 0.29) is 5.91 Å². The first-order chi connectivity index (χ1) is 3.55. The Kier molecular flexibility index (Phi) is 2.44. The van der Waals surface area contributed by atoms with Crippen molar-refractivity contribution in [1.29, 1.82) is 0 Å². The number of amides is 1. The van der Waals surface area contributed by atoms with E-state index < -0.39 is 6.04 Å². The molecule has 4 N–H and O–H groups in total. The van der Waals surface area contributed by atoms with E-state index >= 15 is 0 Å². The maximum Gasteiger partial charge on any atom is 0.252 e. The summed E-state index contributed by atoms with van der Waals surface area (Å²) in [5.41, 5.74) is 5.17. The molecule has 0 aromatic heterocycles. The van der Waals surface area contributed by atoms with Crippen LogP contribution in [0.3, 0.4) is 0 Å². The molecule has 0 unspecified atom stereocenters. The fourth-order valence-corrected chi connectivity index (χ4v) is 0.321. The third-order valence-corrected chi connectivity index (χ3v) is 0.737. The quantitative estimate of drug-likeness (QED) is 0.254. The van der Waals surface area contributed by atoms with E-state index in [1.165, 1.54) is 7.05 Å². The average Bonchev–Trinajstić information content (AvgIpc) is 1.64. The van der Waals surface area contributed by atoms with Gasteiger partial charge in [0, 0.05) is 7.05 Å². The fourth-order valence-electron chi connectivity index (χ4n) is 0.321. The van der Waals surface area contributed by atoms with Crippen molar-refractivity contribution in [3.05, 3.63) is 0 Å². The molecule has 4 nitrogen and oxygen atoms in total. The number of nitrogens with two attached hydrogens (primary N) is 2. The molecule has 4 heteroatoms. The maximum absolute atomic E-state index is 10.5. The Labute approximate surface area is 48.4 Å². The van der Waals surface area contributed by atoms with Crippen LogP contribution in [0.4, 0.5) is 0 Å². The summed E-state index contributed by atoms with van der Waals surface area (Å²) in [6.07, 6.45) is 0. The summed E-state index contributed by atoms with van der Waals surface area (Å²) in [4.78, 5) is 10.5. The first kappa shape index (κ1) is 7.39. The highest BCUT2D eigenvalue weighted by Gasteiger charge is 2.08. The first-order valence-electron chi connectivity index (χ1n) is 2.33. The second kappa shape index (κ2) is 2.64. The summed E-state index contributed by atoms with van der Waals surface area (Å²) in [5, 5.41) is 0.977. The van der Waals surface area contributed by atoms with Crippen LogP contribution in [0.1, 0.15) is 6.92 Å². The van der Waals surface area contributed by atoms with Crippen molar-refractivity contribution in [1.82, 2.24) is 5.01 Å². The Morgan fingerprint density at radius 1 is 1.75 bits per heavy atom. The average molecular weight is 117 g/mol. The van der Waals surface area contributed by atoms with E-state index in [2.05, 4.69) is 0 Å². The molecule has 0 saturated heterocycles. The fraction of sp³-hybridized carbons (Fsp3) is 0.750. The largest absolute Gasteiger partial charge is 0.320 e. The molecule has 0 radical (unpaired) electrons. The molecule has 0 spiro atoms. The second-order valence-corrected chi connectivity index (χ2v) is 1.74. The van der Waals surface area contributed by atoms with Gasteiger partial charge in [0.2, 0.25) is 0 Å². The van der Waals surface area contributed by atoms with Crippen LogP contribution in [0.15, 0.2) is 0 Å². The van der Waals surface area contributed by atoms with Gasteiger partial charge < -0.3 is 5.73 Å². The van der Waals surface area contributed by atoms with Crippen molar-refractivity contribution in [2.45, 2.75) is 13.0 Å². The van der Waals surface area contributed by atoms with Gasteiger partial charge in [-0.3, -0.25) is 9.80 Å². The van der Waals surface area contributed by atoms with Gasteiger partial charge in [-0.25, -0.2) is 5.84 Å². The Morgan fingerprint density at radius 3 is 2.12 bits per heavy atom. The van der Waals surface area contributed by atoms with Gasteiger partial charge >= 0.3 is 0 Å². The van der Waals surface area contributed by atoms with Crippen LogP contribution in [0.5, 0.6) is 0 Å². The molecule has 0 fully saturated rings. The van der Waals surface area contributed by atoms with Crippen LogP contribution in [0.2, 0.25) is 0 Å². The topological polar surface area (TPSA) is 72.4 Å². The van der Waals surface area contributed by atoms with Crippen LogP contribution in [0, 0.1) is 0 Å². The zero-order chi connectivity index (χ0) is 6.73. The Bertz CT molecular complexity index is 79.3. The molecule has 0 aromatic carbocycles. The number of hydrazine groups is 1. The number of carbonyl (C=O) groups is 1. The van der Waals surface area contributed by atoms with Gasteiger partial charge in [-0.05, 0) is 6.92 Å². The summed E-state index contributed by atoms with van der Waals surface area (Å²) >= 11 is 0. The predicted molar refractivity (Wildman–Crippen MR) is 30.6 cm³/mol. The minimum absolute atomic E-state index is 0.259. The van der Waals surface area contributed by atoms with Gasteiger partial charge in [0.1, 0.15) is 0 Å². The minimum Gasteiger partial charge on any atom is -0.320 e. The third-order valence-electron chi connectivity index (χ3n) is 0.737. The SMILES string of the molecule is C[C@H](N)C(=O)N(C)N. The van der Waals surface area contributed by atoms with E-state index in [1.54, 1.807) is 6.92 Å². The molecule has 0 heterocycles. The van der Waals surface area contributed by atoms with Crippen LogP contribution < -0.4 is 11.6 Å². The Balaban J connectivity index is 3.65. The molecule has 0 aliphatic rings. The molecule has 0 aliphatic heterocycles. The lowest BCUT2D eigenvalue weighted by atomic mass is 10.3. The molecule has 0 aliphatic carbocycles. The number of hydrogen-bond acceptors (Lipinski definition) is 3. The summed E-state index contributed by atoms with van der Waals surface area (Å²) in [6.45, 7) is 1.59. The van der Waals surface area contributed by atoms with E-state index in [4.69, 9.17) is 11.6 Å². The molecule has 1 atom stereocenters. The number of hydrogen-bond donors (Lipinski definition) is 2. The smallest absolute Gasteiger partial charge is 0.252 e. The highest BCUT2D eigenvalue weighted by atomic mass is 16.2. The molecular weight excluding hydrogens is 106 g/mol. The summed E-state index contributed by atoms with van der Waals surface area (Å²) in [7, 11) is 1.46. The lowest BCUT2D eigenvalue weighted by Crippen LogP contribution is -2.43. The van der Waals surface area contributed by atoms with Crippen LogP contribution in [-0.4, -0.2) is 24.0 Å². The van der Waals surface area contributed by atoms with Gasteiger partial charge in [-0.2, -0.15) is 0 Å². The number of nitrogens with zero attached hydrogens (tertiary/aromatic N) is 1. The van der Waals surface area contributed by atoms with Crippen LogP contribution in [0.25, 0.3) is 0 Å². The predicted octanol–water partition coefficient (Wildman–Crippen LogP) is -1.33. The molecule has 8 heavy (non-hydrogen) atoms. The lowest BCUT2D eigenvalue weighted by molar-refractivity contribution is -0.131. The van der Waals surface area contributed by atoms with Crippen molar-refractivity contribution in [3.8, 4) is 0 Å². The monoisotopic (exact) mass is 117 g/mol. The van der Waals surface area contributed by atoms with E-state index in [0.29, 0.717) is 0 Å². The van der Waals surface area contributed by atoms with Crippen molar-refractivity contribution < 1.29 is 4.79 Å². The van der Waals surface area contributed by atoms with E-state index in [0.717, 1.165) is 5.01 Å².